The van der Waals surface area contributed by atoms with Crippen molar-refractivity contribution in [2.75, 3.05) is 24.2 Å². The molecule has 0 aliphatic carbocycles. The van der Waals surface area contributed by atoms with Crippen molar-refractivity contribution in [1.82, 2.24) is 5.32 Å². The molecule has 0 saturated carbocycles. The smallest absolute Gasteiger partial charge is 0.294 e. The number of amides is 2. The molecule has 0 atom stereocenters. The molecule has 1 aromatic carbocycles. The summed E-state index contributed by atoms with van der Waals surface area (Å²) in [6.45, 7) is -0.0531. The molecule has 1 aliphatic heterocycles. The second-order valence-electron chi connectivity index (χ2n) is 4.36. The van der Waals surface area contributed by atoms with Crippen LogP contribution in [-0.2, 0) is 16.0 Å². The van der Waals surface area contributed by atoms with Crippen LogP contribution in [0.1, 0.15) is 12.0 Å². The van der Waals surface area contributed by atoms with Crippen LogP contribution >= 0.6 is 0 Å². The van der Waals surface area contributed by atoms with Crippen LogP contribution in [-0.4, -0.2) is 30.3 Å². The Morgan fingerprint density at radius 3 is 2.85 bits per heavy atom. The maximum Gasteiger partial charge on any atom is 0.294 e. The van der Waals surface area contributed by atoms with Gasteiger partial charge in [-0.1, -0.05) is 0 Å². The van der Waals surface area contributed by atoms with Gasteiger partial charge >= 0.3 is 0 Å². The van der Waals surface area contributed by atoms with Gasteiger partial charge in [0.1, 0.15) is 5.69 Å². The molecule has 2 rings (SSSR count). The lowest BCUT2D eigenvalue weighted by Gasteiger charge is -2.18. The predicted octanol–water partition coefficient (Wildman–Crippen LogP) is 0.637. The third kappa shape index (κ3) is 2.85. The average Bonchev–Trinajstić information content (AvgIpc) is 2.43. The van der Waals surface area contributed by atoms with Crippen molar-refractivity contribution in [3.8, 4) is 0 Å². The molecular weight excluding hydrogens is 264 g/mol. The van der Waals surface area contributed by atoms with Gasteiger partial charge in [-0.3, -0.25) is 19.7 Å². The minimum Gasteiger partial charge on any atom is -0.371 e. The fourth-order valence-corrected chi connectivity index (χ4v) is 1.97. The standard InChI is InChI=1S/C12H14N4O4/c1-13-12(18)6-14-9-4-7-2-3-11(17)15-8(7)5-10(9)16(19)20/h4-5,14H,2-3,6H2,1H3,(H,13,18)(H,15,17). The topological polar surface area (TPSA) is 113 Å². The summed E-state index contributed by atoms with van der Waals surface area (Å²) in [4.78, 5) is 33.0. The Morgan fingerprint density at radius 2 is 2.20 bits per heavy atom. The lowest BCUT2D eigenvalue weighted by Crippen LogP contribution is -2.26. The van der Waals surface area contributed by atoms with Crippen LogP contribution < -0.4 is 16.0 Å². The van der Waals surface area contributed by atoms with Crippen molar-refractivity contribution < 1.29 is 14.5 Å². The lowest BCUT2D eigenvalue weighted by molar-refractivity contribution is -0.383. The lowest BCUT2D eigenvalue weighted by atomic mass is 10.0. The third-order valence-corrected chi connectivity index (χ3v) is 3.03. The summed E-state index contributed by atoms with van der Waals surface area (Å²) in [7, 11) is 1.49. The first-order valence-electron chi connectivity index (χ1n) is 6.07. The molecule has 20 heavy (non-hydrogen) atoms. The number of aryl methyl sites for hydroxylation is 1. The summed E-state index contributed by atoms with van der Waals surface area (Å²) in [5.74, 6) is -0.428. The average molecular weight is 278 g/mol. The van der Waals surface area contributed by atoms with Gasteiger partial charge in [0.25, 0.3) is 5.69 Å². The number of nitrogens with zero attached hydrogens (tertiary/aromatic N) is 1. The highest BCUT2D eigenvalue weighted by atomic mass is 16.6. The SMILES string of the molecule is CNC(=O)CNc1cc2c(cc1[N+](=O)[O-])NC(=O)CC2. The summed E-state index contributed by atoms with van der Waals surface area (Å²) >= 11 is 0. The molecule has 1 aliphatic rings. The van der Waals surface area contributed by atoms with Crippen molar-refractivity contribution in [3.05, 3.63) is 27.8 Å². The number of carbonyl (C=O) groups excluding carboxylic acids is 2. The highest BCUT2D eigenvalue weighted by molar-refractivity contribution is 5.95. The summed E-state index contributed by atoms with van der Waals surface area (Å²) in [5.41, 5.74) is 1.37. The van der Waals surface area contributed by atoms with E-state index in [0.29, 0.717) is 18.5 Å². The van der Waals surface area contributed by atoms with Gasteiger partial charge in [0.15, 0.2) is 0 Å². The van der Waals surface area contributed by atoms with Crippen molar-refractivity contribution in [2.45, 2.75) is 12.8 Å². The van der Waals surface area contributed by atoms with E-state index < -0.39 is 4.92 Å². The molecule has 3 N–H and O–H groups in total. The Labute approximate surface area is 114 Å². The molecule has 0 fully saturated rings. The van der Waals surface area contributed by atoms with Gasteiger partial charge in [0, 0.05) is 19.5 Å². The number of hydrogen-bond donors (Lipinski definition) is 3. The van der Waals surface area contributed by atoms with E-state index in [0.717, 1.165) is 5.56 Å². The van der Waals surface area contributed by atoms with E-state index in [1.807, 2.05) is 0 Å². The van der Waals surface area contributed by atoms with Crippen molar-refractivity contribution >= 4 is 28.9 Å². The Kier molecular flexibility index (Phi) is 3.83. The molecule has 8 heteroatoms. The van der Waals surface area contributed by atoms with Crippen LogP contribution in [0.15, 0.2) is 12.1 Å². The first kappa shape index (κ1) is 13.8. The molecule has 0 spiro atoms. The second-order valence-corrected chi connectivity index (χ2v) is 4.36. The molecule has 1 heterocycles. The maximum atomic E-state index is 11.3. The molecular formula is C12H14N4O4. The van der Waals surface area contributed by atoms with Gasteiger partial charge in [0.2, 0.25) is 11.8 Å². The van der Waals surface area contributed by atoms with E-state index >= 15 is 0 Å². The zero-order valence-electron chi connectivity index (χ0n) is 10.9. The fourth-order valence-electron chi connectivity index (χ4n) is 1.97. The predicted molar refractivity (Wildman–Crippen MR) is 72.6 cm³/mol. The summed E-state index contributed by atoms with van der Waals surface area (Å²) in [6, 6.07) is 2.93. The van der Waals surface area contributed by atoms with Crippen LogP contribution in [0.3, 0.4) is 0 Å². The number of likely N-dealkylation sites (N-methyl/N-ethyl adjacent to an activating group) is 1. The minimum atomic E-state index is -0.548. The van der Waals surface area contributed by atoms with Crippen molar-refractivity contribution in [2.24, 2.45) is 0 Å². The number of hydrogen-bond acceptors (Lipinski definition) is 5. The Bertz CT molecular complexity index is 585. The fraction of sp³-hybridized carbons (Fsp3) is 0.333. The van der Waals surface area contributed by atoms with Gasteiger partial charge in [-0.15, -0.1) is 0 Å². The van der Waals surface area contributed by atoms with Crippen LogP contribution in [0.2, 0.25) is 0 Å². The summed E-state index contributed by atoms with van der Waals surface area (Å²) in [5, 5.41) is 18.8. The number of benzene rings is 1. The zero-order valence-corrected chi connectivity index (χ0v) is 10.9. The minimum absolute atomic E-state index is 0.0531. The largest absolute Gasteiger partial charge is 0.371 e. The van der Waals surface area contributed by atoms with Gasteiger partial charge < -0.3 is 16.0 Å². The molecule has 8 nitrogen and oxygen atoms in total. The molecule has 106 valence electrons. The van der Waals surface area contributed by atoms with E-state index in [2.05, 4.69) is 16.0 Å². The molecule has 0 radical (unpaired) electrons. The number of nitrogens with one attached hydrogen (secondary N) is 3. The third-order valence-electron chi connectivity index (χ3n) is 3.03. The van der Waals surface area contributed by atoms with Gasteiger partial charge in [-0.25, -0.2) is 0 Å². The normalized spacial score (nSPS) is 13.2. The first-order valence-corrected chi connectivity index (χ1v) is 6.07. The number of rotatable bonds is 4. The highest BCUT2D eigenvalue weighted by Crippen LogP contribution is 2.33. The molecule has 0 saturated heterocycles. The molecule has 0 bridgehead atoms. The van der Waals surface area contributed by atoms with Crippen molar-refractivity contribution in [3.63, 3.8) is 0 Å². The zero-order chi connectivity index (χ0) is 14.7. The summed E-state index contributed by atoms with van der Waals surface area (Å²) in [6.07, 6.45) is 0.869. The number of nitro groups is 1. The van der Waals surface area contributed by atoms with Gasteiger partial charge in [-0.2, -0.15) is 0 Å². The van der Waals surface area contributed by atoms with Crippen LogP contribution in [0.25, 0.3) is 0 Å². The Balaban J connectivity index is 2.32. The second kappa shape index (κ2) is 5.55. The molecule has 2 amide bonds. The van der Waals surface area contributed by atoms with E-state index in [1.54, 1.807) is 6.07 Å². The van der Waals surface area contributed by atoms with E-state index in [4.69, 9.17) is 0 Å². The highest BCUT2D eigenvalue weighted by Gasteiger charge is 2.22. The number of fused-ring (bicyclic) bond motifs is 1. The van der Waals surface area contributed by atoms with Crippen LogP contribution in [0.5, 0.6) is 0 Å². The van der Waals surface area contributed by atoms with E-state index in [-0.39, 0.29) is 29.7 Å². The van der Waals surface area contributed by atoms with Gasteiger partial charge in [0.05, 0.1) is 17.2 Å². The van der Waals surface area contributed by atoms with Crippen LogP contribution in [0.4, 0.5) is 17.1 Å². The Hall–Kier alpha value is -2.64. The molecule has 0 unspecified atom stereocenters. The molecule has 1 aromatic rings. The first-order chi connectivity index (χ1) is 9.51. The Morgan fingerprint density at radius 1 is 1.45 bits per heavy atom. The number of carbonyl (C=O) groups is 2. The monoisotopic (exact) mass is 278 g/mol. The van der Waals surface area contributed by atoms with E-state index in [9.17, 15) is 19.7 Å². The number of anilines is 2. The molecule has 0 aromatic heterocycles. The quantitative estimate of drug-likeness (QED) is 0.552. The van der Waals surface area contributed by atoms with E-state index in [1.165, 1.54) is 13.1 Å². The van der Waals surface area contributed by atoms with Gasteiger partial charge in [-0.05, 0) is 18.1 Å². The maximum absolute atomic E-state index is 11.3. The van der Waals surface area contributed by atoms with Crippen molar-refractivity contribution in [1.29, 1.82) is 0 Å². The number of nitro benzene ring substituents is 1. The summed E-state index contributed by atoms with van der Waals surface area (Å²) < 4.78 is 0. The van der Waals surface area contributed by atoms with Crippen LogP contribution in [0, 0.1) is 10.1 Å².